The molecule has 5 heteroatoms. The molecule has 20 heavy (non-hydrogen) atoms. The number of rotatable bonds is 4. The number of nitrogens with one attached hydrogen (secondary N) is 1. The van der Waals surface area contributed by atoms with Crippen molar-refractivity contribution in [2.75, 3.05) is 20.3 Å². The summed E-state index contributed by atoms with van der Waals surface area (Å²) in [4.78, 5) is 12.1. The highest BCUT2D eigenvalue weighted by Gasteiger charge is 2.19. The number of methoxy groups -OCH3 is 1. The lowest BCUT2D eigenvalue weighted by Crippen LogP contribution is -2.31. The van der Waals surface area contributed by atoms with Crippen LogP contribution < -0.4 is 10.1 Å². The van der Waals surface area contributed by atoms with Crippen molar-refractivity contribution in [1.29, 1.82) is 0 Å². The summed E-state index contributed by atoms with van der Waals surface area (Å²) in [5.74, 6) is 0.696. The number of fused-ring (bicyclic) bond motifs is 1. The molecule has 5 nitrogen and oxygen atoms in total. The molecule has 1 aliphatic rings. The van der Waals surface area contributed by atoms with Gasteiger partial charge in [0.25, 0.3) is 5.91 Å². The summed E-state index contributed by atoms with van der Waals surface area (Å²) in [6.45, 7) is 1.30. The number of ether oxygens (including phenoxy) is 2. The molecule has 0 unspecified atom stereocenters. The van der Waals surface area contributed by atoms with Gasteiger partial charge in [0.2, 0.25) is 0 Å². The predicted octanol–water partition coefficient (Wildman–Crippen LogP) is 2.35. The molecule has 1 N–H and O–H groups in total. The first kappa shape index (κ1) is 13.0. The largest absolute Gasteiger partial charge is 0.493 e. The van der Waals surface area contributed by atoms with Crippen molar-refractivity contribution in [3.63, 3.8) is 0 Å². The lowest BCUT2D eigenvalue weighted by Gasteiger charge is -2.09. The number of hydrogen-bond acceptors (Lipinski definition) is 4. The van der Waals surface area contributed by atoms with E-state index in [0.717, 1.165) is 24.8 Å². The molecule has 0 saturated carbocycles. The molecule has 0 spiro atoms. The van der Waals surface area contributed by atoms with E-state index < -0.39 is 0 Å². The summed E-state index contributed by atoms with van der Waals surface area (Å²) >= 11 is 0. The van der Waals surface area contributed by atoms with Gasteiger partial charge in [0.05, 0.1) is 13.2 Å². The van der Waals surface area contributed by atoms with Crippen LogP contribution in [-0.4, -0.2) is 32.3 Å². The maximum Gasteiger partial charge on any atom is 0.287 e. The molecule has 1 atom stereocenters. The molecule has 1 aromatic carbocycles. The molecule has 106 valence electrons. The van der Waals surface area contributed by atoms with Crippen LogP contribution in [0.4, 0.5) is 0 Å². The van der Waals surface area contributed by atoms with Crippen LogP contribution in [0.1, 0.15) is 23.4 Å². The fraction of sp³-hybridized carbons (Fsp3) is 0.400. The molecule has 3 rings (SSSR count). The van der Waals surface area contributed by atoms with E-state index in [1.165, 1.54) is 0 Å². The third kappa shape index (κ3) is 2.49. The molecule has 0 radical (unpaired) electrons. The zero-order chi connectivity index (χ0) is 13.9. The fourth-order valence-electron chi connectivity index (χ4n) is 2.41. The maximum atomic E-state index is 12.1. The highest BCUT2D eigenvalue weighted by molar-refractivity contribution is 5.97. The van der Waals surface area contributed by atoms with Gasteiger partial charge in [0.1, 0.15) is 0 Å². The summed E-state index contributed by atoms with van der Waals surface area (Å²) < 4.78 is 16.3. The normalized spacial score (nSPS) is 18.4. The highest BCUT2D eigenvalue weighted by Crippen LogP contribution is 2.28. The molecule has 1 amide bonds. The summed E-state index contributed by atoms with van der Waals surface area (Å²) in [6.07, 6.45) is 2.18. The van der Waals surface area contributed by atoms with E-state index in [1.54, 1.807) is 19.2 Å². The van der Waals surface area contributed by atoms with Gasteiger partial charge >= 0.3 is 0 Å². The van der Waals surface area contributed by atoms with Gasteiger partial charge in [-0.05, 0) is 25.0 Å². The SMILES string of the molecule is COc1cccc2cc(C(=O)NC[C@@H]3CCCO3)oc12. The van der Waals surface area contributed by atoms with Crippen LogP contribution in [-0.2, 0) is 4.74 Å². The van der Waals surface area contributed by atoms with Gasteiger partial charge in [-0.25, -0.2) is 0 Å². The maximum absolute atomic E-state index is 12.1. The molecule has 1 saturated heterocycles. The van der Waals surface area contributed by atoms with E-state index in [-0.39, 0.29) is 12.0 Å². The summed E-state index contributed by atoms with van der Waals surface area (Å²) in [6, 6.07) is 7.28. The first-order valence-corrected chi connectivity index (χ1v) is 6.74. The number of amides is 1. The van der Waals surface area contributed by atoms with Crippen LogP contribution in [0.3, 0.4) is 0 Å². The van der Waals surface area contributed by atoms with Crippen molar-refractivity contribution >= 4 is 16.9 Å². The van der Waals surface area contributed by atoms with E-state index >= 15 is 0 Å². The third-order valence-corrected chi connectivity index (χ3v) is 3.47. The summed E-state index contributed by atoms with van der Waals surface area (Å²) in [5.41, 5.74) is 0.595. The number of carbonyl (C=O) groups is 1. The van der Waals surface area contributed by atoms with Gasteiger partial charge in [-0.2, -0.15) is 0 Å². The number of hydrogen-bond donors (Lipinski definition) is 1. The Bertz CT molecular complexity index is 613. The van der Waals surface area contributed by atoms with Crippen LogP contribution in [0, 0.1) is 0 Å². The average molecular weight is 275 g/mol. The van der Waals surface area contributed by atoms with Crippen molar-refractivity contribution in [1.82, 2.24) is 5.32 Å². The first-order valence-electron chi connectivity index (χ1n) is 6.74. The Morgan fingerprint density at radius 3 is 3.15 bits per heavy atom. The van der Waals surface area contributed by atoms with Crippen molar-refractivity contribution in [2.45, 2.75) is 18.9 Å². The van der Waals surface area contributed by atoms with E-state index in [2.05, 4.69) is 5.32 Å². The fourth-order valence-corrected chi connectivity index (χ4v) is 2.41. The monoisotopic (exact) mass is 275 g/mol. The Morgan fingerprint density at radius 1 is 1.50 bits per heavy atom. The quantitative estimate of drug-likeness (QED) is 0.930. The summed E-state index contributed by atoms with van der Waals surface area (Å²) in [7, 11) is 1.58. The van der Waals surface area contributed by atoms with Crippen molar-refractivity contribution in [3.8, 4) is 5.75 Å². The zero-order valence-electron chi connectivity index (χ0n) is 11.3. The molecular weight excluding hydrogens is 258 g/mol. The minimum Gasteiger partial charge on any atom is -0.493 e. The van der Waals surface area contributed by atoms with Crippen LogP contribution in [0.5, 0.6) is 5.75 Å². The molecular formula is C15H17NO4. The standard InChI is InChI=1S/C15H17NO4/c1-18-12-6-2-4-10-8-13(20-14(10)12)15(17)16-9-11-5-3-7-19-11/h2,4,6,8,11H,3,5,7,9H2,1H3,(H,16,17)/t11-/m0/s1. The number of furan rings is 1. The number of benzene rings is 1. The number of carbonyl (C=O) groups excluding carboxylic acids is 1. The minimum atomic E-state index is -0.223. The second-order valence-corrected chi connectivity index (χ2v) is 4.83. The van der Waals surface area contributed by atoms with Gasteiger partial charge in [-0.1, -0.05) is 12.1 Å². The van der Waals surface area contributed by atoms with Crippen molar-refractivity contribution in [2.24, 2.45) is 0 Å². The molecule has 2 aromatic rings. The molecule has 1 fully saturated rings. The Labute approximate surface area is 116 Å². The molecule has 0 aliphatic carbocycles. The van der Waals surface area contributed by atoms with Crippen LogP contribution in [0.2, 0.25) is 0 Å². The van der Waals surface area contributed by atoms with E-state index in [1.807, 2.05) is 12.1 Å². The molecule has 0 bridgehead atoms. The van der Waals surface area contributed by atoms with Crippen LogP contribution in [0.15, 0.2) is 28.7 Å². The molecule has 1 aromatic heterocycles. The van der Waals surface area contributed by atoms with E-state index in [0.29, 0.717) is 23.6 Å². The van der Waals surface area contributed by atoms with Gasteiger partial charge in [0.15, 0.2) is 17.1 Å². The second kappa shape index (κ2) is 5.54. The van der Waals surface area contributed by atoms with E-state index in [9.17, 15) is 4.79 Å². The highest BCUT2D eigenvalue weighted by atomic mass is 16.5. The smallest absolute Gasteiger partial charge is 0.287 e. The number of para-hydroxylation sites is 1. The van der Waals surface area contributed by atoms with Crippen molar-refractivity contribution in [3.05, 3.63) is 30.0 Å². The van der Waals surface area contributed by atoms with Gasteiger partial charge in [-0.15, -0.1) is 0 Å². The van der Waals surface area contributed by atoms with E-state index in [4.69, 9.17) is 13.9 Å². The van der Waals surface area contributed by atoms with Crippen molar-refractivity contribution < 1.29 is 18.7 Å². The first-order chi connectivity index (χ1) is 9.78. The van der Waals surface area contributed by atoms with Gasteiger partial charge in [-0.3, -0.25) is 4.79 Å². The van der Waals surface area contributed by atoms with Crippen LogP contribution >= 0.6 is 0 Å². The van der Waals surface area contributed by atoms with Crippen LogP contribution in [0.25, 0.3) is 11.0 Å². The Morgan fingerprint density at radius 2 is 2.40 bits per heavy atom. The average Bonchev–Trinajstić information content (AvgIpc) is 3.12. The molecule has 1 aliphatic heterocycles. The Balaban J connectivity index is 1.74. The molecule has 2 heterocycles. The Kier molecular flexibility index (Phi) is 3.60. The van der Waals surface area contributed by atoms with Gasteiger partial charge in [0, 0.05) is 18.5 Å². The predicted molar refractivity (Wildman–Crippen MR) is 74.1 cm³/mol. The lowest BCUT2D eigenvalue weighted by atomic mass is 10.2. The Hall–Kier alpha value is -2.01. The minimum absolute atomic E-state index is 0.123. The zero-order valence-corrected chi connectivity index (χ0v) is 11.3. The van der Waals surface area contributed by atoms with Gasteiger partial charge < -0.3 is 19.2 Å². The lowest BCUT2D eigenvalue weighted by molar-refractivity contribution is 0.0837. The second-order valence-electron chi connectivity index (χ2n) is 4.83. The topological polar surface area (TPSA) is 60.7 Å². The summed E-state index contributed by atoms with van der Waals surface area (Å²) in [5, 5.41) is 3.69. The third-order valence-electron chi connectivity index (χ3n) is 3.47.